The Morgan fingerprint density at radius 3 is 2.33 bits per heavy atom. The average Bonchev–Trinajstić information content (AvgIpc) is 2.95. The highest BCUT2D eigenvalue weighted by Crippen LogP contribution is 2.25. The van der Waals surface area contributed by atoms with Crippen LogP contribution in [0.2, 0.25) is 0 Å². The molecule has 3 N–H and O–H groups in total. The highest BCUT2D eigenvalue weighted by Gasteiger charge is 2.30. The van der Waals surface area contributed by atoms with Crippen LogP contribution in [0.3, 0.4) is 0 Å². The smallest absolute Gasteiger partial charge is 0.282 e. The molecule has 0 saturated carbocycles. The summed E-state index contributed by atoms with van der Waals surface area (Å²) in [6, 6.07) is 13.3. The van der Waals surface area contributed by atoms with Crippen molar-refractivity contribution in [1.29, 1.82) is 0 Å². The Labute approximate surface area is 169 Å². The molecule has 0 spiro atoms. The molecular formula is C19H17IN4O3. The van der Waals surface area contributed by atoms with Crippen LogP contribution in [-0.4, -0.2) is 22.6 Å². The van der Waals surface area contributed by atoms with Crippen LogP contribution in [0.5, 0.6) is 5.75 Å². The number of hydrazone groups is 1. The lowest BCUT2D eigenvalue weighted by atomic mass is 10.1. The SMILES string of the molecule is CC1=NN(c2ccc(I)cc2)C(=O)/C1=C(/C)NNC(=O)c1ccc(O)cc1. The third kappa shape index (κ3) is 4.11. The van der Waals surface area contributed by atoms with Crippen molar-refractivity contribution in [2.75, 3.05) is 5.01 Å². The number of allylic oxidation sites excluding steroid dienone is 1. The van der Waals surface area contributed by atoms with E-state index in [2.05, 4.69) is 38.5 Å². The highest BCUT2D eigenvalue weighted by atomic mass is 127. The fourth-order valence-corrected chi connectivity index (χ4v) is 2.95. The van der Waals surface area contributed by atoms with Crippen LogP contribution in [0.15, 0.2) is 64.9 Å². The van der Waals surface area contributed by atoms with Crippen molar-refractivity contribution in [3.05, 3.63) is 68.9 Å². The van der Waals surface area contributed by atoms with Crippen molar-refractivity contribution in [3.8, 4) is 5.75 Å². The summed E-state index contributed by atoms with van der Waals surface area (Å²) in [6.45, 7) is 3.44. The lowest BCUT2D eigenvalue weighted by Gasteiger charge is -2.14. The molecule has 2 amide bonds. The zero-order valence-electron chi connectivity index (χ0n) is 14.7. The fraction of sp³-hybridized carbons (Fsp3) is 0.105. The summed E-state index contributed by atoms with van der Waals surface area (Å²) in [5.74, 6) is -0.570. The van der Waals surface area contributed by atoms with Crippen LogP contribution in [-0.2, 0) is 4.79 Å². The minimum atomic E-state index is -0.385. The maximum atomic E-state index is 12.8. The quantitative estimate of drug-likeness (QED) is 0.360. The fourth-order valence-electron chi connectivity index (χ4n) is 2.59. The first kappa shape index (κ1) is 18.9. The van der Waals surface area contributed by atoms with Gasteiger partial charge in [0.15, 0.2) is 0 Å². The average molecular weight is 476 g/mol. The Morgan fingerprint density at radius 1 is 1.07 bits per heavy atom. The van der Waals surface area contributed by atoms with E-state index in [1.54, 1.807) is 13.8 Å². The minimum Gasteiger partial charge on any atom is -0.508 e. The largest absolute Gasteiger partial charge is 0.508 e. The monoisotopic (exact) mass is 476 g/mol. The number of nitrogens with zero attached hydrogens (tertiary/aromatic N) is 2. The molecule has 8 heteroatoms. The highest BCUT2D eigenvalue weighted by molar-refractivity contribution is 14.1. The number of nitrogens with one attached hydrogen (secondary N) is 2. The topological polar surface area (TPSA) is 94.0 Å². The number of hydrogen-bond donors (Lipinski definition) is 3. The van der Waals surface area contributed by atoms with Crippen molar-refractivity contribution in [2.24, 2.45) is 5.10 Å². The predicted molar refractivity (Wildman–Crippen MR) is 111 cm³/mol. The van der Waals surface area contributed by atoms with Crippen molar-refractivity contribution >= 4 is 45.8 Å². The first-order valence-electron chi connectivity index (χ1n) is 8.08. The molecule has 0 aromatic heterocycles. The number of rotatable bonds is 4. The van der Waals surface area contributed by atoms with Gasteiger partial charge in [-0.25, -0.2) is 0 Å². The molecule has 3 rings (SSSR count). The summed E-state index contributed by atoms with van der Waals surface area (Å²) < 4.78 is 1.06. The number of carbonyl (C=O) groups excluding carboxylic acids is 2. The lowest BCUT2D eigenvalue weighted by Crippen LogP contribution is -2.37. The van der Waals surface area contributed by atoms with Gasteiger partial charge >= 0.3 is 0 Å². The number of phenols is 1. The molecule has 27 heavy (non-hydrogen) atoms. The number of phenolic OH excluding ortho intramolecular Hbond substituents is 1. The van der Waals surface area contributed by atoms with Gasteiger partial charge in [-0.05, 0) is 85.0 Å². The third-order valence-electron chi connectivity index (χ3n) is 3.96. The molecule has 1 aliphatic heterocycles. The van der Waals surface area contributed by atoms with E-state index < -0.39 is 0 Å². The molecule has 1 aliphatic rings. The van der Waals surface area contributed by atoms with Gasteiger partial charge in [0.25, 0.3) is 11.8 Å². The molecule has 0 atom stereocenters. The maximum Gasteiger partial charge on any atom is 0.282 e. The Kier molecular flexibility index (Phi) is 5.45. The van der Waals surface area contributed by atoms with Gasteiger partial charge in [0.1, 0.15) is 5.75 Å². The zero-order valence-corrected chi connectivity index (χ0v) is 16.8. The summed E-state index contributed by atoms with van der Waals surface area (Å²) in [6.07, 6.45) is 0. The molecule has 0 fully saturated rings. The molecule has 138 valence electrons. The van der Waals surface area contributed by atoms with E-state index in [0.29, 0.717) is 28.2 Å². The van der Waals surface area contributed by atoms with Gasteiger partial charge in [-0.3, -0.25) is 15.0 Å². The van der Waals surface area contributed by atoms with Crippen molar-refractivity contribution in [1.82, 2.24) is 10.9 Å². The second-order valence-electron chi connectivity index (χ2n) is 5.90. The van der Waals surface area contributed by atoms with E-state index in [-0.39, 0.29) is 17.6 Å². The van der Waals surface area contributed by atoms with Gasteiger partial charge in [0.2, 0.25) is 0 Å². The van der Waals surface area contributed by atoms with Gasteiger partial charge in [0, 0.05) is 14.8 Å². The summed E-state index contributed by atoms with van der Waals surface area (Å²) in [4.78, 5) is 24.9. The molecule has 0 saturated heterocycles. The molecule has 0 unspecified atom stereocenters. The molecule has 0 aliphatic carbocycles. The number of benzene rings is 2. The Hall–Kier alpha value is -2.88. The van der Waals surface area contributed by atoms with Crippen molar-refractivity contribution < 1.29 is 14.7 Å². The number of hydrazine groups is 1. The number of carbonyl (C=O) groups is 2. The maximum absolute atomic E-state index is 12.8. The molecule has 2 aromatic rings. The van der Waals surface area contributed by atoms with E-state index in [1.807, 2.05) is 24.3 Å². The van der Waals surface area contributed by atoms with Gasteiger partial charge in [-0.15, -0.1) is 0 Å². The molecule has 2 aromatic carbocycles. The number of halogens is 1. The number of anilines is 1. The van der Waals surface area contributed by atoms with E-state index in [9.17, 15) is 14.7 Å². The van der Waals surface area contributed by atoms with Crippen LogP contribution in [0.25, 0.3) is 0 Å². The molecular weight excluding hydrogens is 459 g/mol. The summed E-state index contributed by atoms with van der Waals surface area (Å²) in [5.41, 5.74) is 7.81. The van der Waals surface area contributed by atoms with Crippen LogP contribution < -0.4 is 15.9 Å². The van der Waals surface area contributed by atoms with Gasteiger partial charge < -0.3 is 10.5 Å². The van der Waals surface area contributed by atoms with Gasteiger partial charge in [0.05, 0.1) is 17.0 Å². The van der Waals surface area contributed by atoms with Crippen LogP contribution in [0.1, 0.15) is 24.2 Å². The van der Waals surface area contributed by atoms with Crippen LogP contribution in [0, 0.1) is 3.57 Å². The zero-order chi connectivity index (χ0) is 19.6. The first-order chi connectivity index (χ1) is 12.9. The molecule has 1 heterocycles. The van der Waals surface area contributed by atoms with E-state index in [0.717, 1.165) is 3.57 Å². The van der Waals surface area contributed by atoms with E-state index in [1.165, 1.54) is 29.3 Å². The Morgan fingerprint density at radius 2 is 1.70 bits per heavy atom. The second kappa shape index (κ2) is 7.78. The van der Waals surface area contributed by atoms with Gasteiger partial charge in [-0.1, -0.05) is 0 Å². The van der Waals surface area contributed by atoms with Crippen LogP contribution >= 0.6 is 22.6 Å². The second-order valence-corrected chi connectivity index (χ2v) is 7.15. The molecule has 0 bridgehead atoms. The van der Waals surface area contributed by atoms with E-state index in [4.69, 9.17) is 0 Å². The Balaban J connectivity index is 1.74. The lowest BCUT2D eigenvalue weighted by molar-refractivity contribution is -0.114. The summed E-state index contributed by atoms with van der Waals surface area (Å²) in [5, 5.41) is 14.9. The van der Waals surface area contributed by atoms with Crippen molar-refractivity contribution in [2.45, 2.75) is 13.8 Å². The number of aromatic hydroxyl groups is 1. The standard InChI is InChI=1S/C19H17IN4O3/c1-11(21-22-18(26)13-3-9-16(25)10-4-13)17-12(2)23-24(19(17)27)15-7-5-14(20)6-8-15/h3-10,21,25H,1-2H3,(H,22,26)/b17-11-. The minimum absolute atomic E-state index is 0.0805. The van der Waals surface area contributed by atoms with E-state index >= 15 is 0 Å². The number of amides is 2. The molecule has 7 nitrogen and oxygen atoms in total. The van der Waals surface area contributed by atoms with Gasteiger partial charge in [-0.2, -0.15) is 10.1 Å². The Bertz CT molecular complexity index is 950. The summed E-state index contributed by atoms with van der Waals surface area (Å²) in [7, 11) is 0. The molecule has 0 radical (unpaired) electrons. The van der Waals surface area contributed by atoms with Crippen LogP contribution in [0.4, 0.5) is 5.69 Å². The summed E-state index contributed by atoms with van der Waals surface area (Å²) >= 11 is 2.19. The predicted octanol–water partition coefficient (Wildman–Crippen LogP) is 2.93. The van der Waals surface area contributed by atoms with Crippen molar-refractivity contribution in [3.63, 3.8) is 0 Å². The normalized spacial score (nSPS) is 15.4. The first-order valence-corrected chi connectivity index (χ1v) is 9.16. The third-order valence-corrected chi connectivity index (χ3v) is 4.68. The number of hydrogen-bond acceptors (Lipinski definition) is 5.